The molecule has 1 aliphatic rings. The number of hydrogen-bond acceptors (Lipinski definition) is 3. The number of hydrogen-bond donors (Lipinski definition) is 2. The molecule has 0 aliphatic carbocycles. The van der Waals surface area contributed by atoms with Crippen LogP contribution in [0.5, 0.6) is 0 Å². The van der Waals surface area contributed by atoms with Gasteiger partial charge in [0, 0.05) is 11.4 Å². The van der Waals surface area contributed by atoms with Gasteiger partial charge >= 0.3 is 0 Å². The van der Waals surface area contributed by atoms with Crippen LogP contribution in [0.4, 0.5) is 0 Å². The maximum absolute atomic E-state index is 11.7. The number of nitrogens with one attached hydrogen (secondary N) is 2. The van der Waals surface area contributed by atoms with Crippen molar-refractivity contribution in [3.05, 3.63) is 20.8 Å². The van der Waals surface area contributed by atoms with Gasteiger partial charge in [0.15, 0.2) is 0 Å². The summed E-state index contributed by atoms with van der Waals surface area (Å²) in [6.07, 6.45) is 2.99. The Kier molecular flexibility index (Phi) is 4.37. The quantitative estimate of drug-likeness (QED) is 0.892. The lowest BCUT2D eigenvalue weighted by Gasteiger charge is -2.10. The van der Waals surface area contributed by atoms with E-state index >= 15 is 0 Å². The van der Waals surface area contributed by atoms with E-state index in [2.05, 4.69) is 32.6 Å². The number of halogens is 1. The Labute approximate surface area is 108 Å². The van der Waals surface area contributed by atoms with E-state index < -0.39 is 0 Å². The molecule has 1 aromatic heterocycles. The predicted octanol–water partition coefficient (Wildman–Crippen LogP) is 1.92. The van der Waals surface area contributed by atoms with Gasteiger partial charge in [-0.2, -0.15) is 0 Å². The van der Waals surface area contributed by atoms with Crippen LogP contribution in [0.3, 0.4) is 0 Å². The lowest BCUT2D eigenvalue weighted by molar-refractivity contribution is -0.122. The Morgan fingerprint density at radius 1 is 1.62 bits per heavy atom. The maximum atomic E-state index is 11.7. The Bertz CT molecular complexity index is 361. The van der Waals surface area contributed by atoms with Gasteiger partial charge in [0.05, 0.1) is 9.83 Å². The Morgan fingerprint density at radius 2 is 2.50 bits per heavy atom. The fraction of sp³-hybridized carbons (Fsp3) is 0.545. The molecule has 0 aromatic carbocycles. The topological polar surface area (TPSA) is 41.1 Å². The van der Waals surface area contributed by atoms with E-state index in [1.807, 2.05) is 6.07 Å². The molecule has 0 spiro atoms. The van der Waals surface area contributed by atoms with Gasteiger partial charge in [0.2, 0.25) is 5.91 Å². The van der Waals surface area contributed by atoms with Crippen LogP contribution >= 0.6 is 27.3 Å². The molecule has 2 heterocycles. The molecule has 1 fully saturated rings. The van der Waals surface area contributed by atoms with Gasteiger partial charge in [-0.25, -0.2) is 0 Å². The Hall–Kier alpha value is -0.390. The van der Waals surface area contributed by atoms with Crippen LogP contribution in [-0.2, 0) is 11.2 Å². The zero-order valence-electron chi connectivity index (χ0n) is 8.96. The van der Waals surface area contributed by atoms with Gasteiger partial charge in [-0.1, -0.05) is 0 Å². The van der Waals surface area contributed by atoms with Crippen molar-refractivity contribution < 1.29 is 4.79 Å². The highest BCUT2D eigenvalue weighted by Crippen LogP contribution is 2.22. The van der Waals surface area contributed by atoms with Crippen LogP contribution in [0, 0.1) is 0 Å². The van der Waals surface area contributed by atoms with Crippen LogP contribution < -0.4 is 10.6 Å². The van der Waals surface area contributed by atoms with Crippen molar-refractivity contribution in [2.75, 3.05) is 13.1 Å². The molecule has 1 aromatic rings. The number of carbonyl (C=O) groups is 1. The lowest BCUT2D eigenvalue weighted by Crippen LogP contribution is -2.41. The Morgan fingerprint density at radius 3 is 3.12 bits per heavy atom. The van der Waals surface area contributed by atoms with E-state index in [4.69, 9.17) is 0 Å². The third kappa shape index (κ3) is 3.30. The van der Waals surface area contributed by atoms with Gasteiger partial charge in [-0.05, 0) is 53.9 Å². The third-order valence-electron chi connectivity index (χ3n) is 2.68. The summed E-state index contributed by atoms with van der Waals surface area (Å²) in [5, 5.41) is 6.16. The van der Waals surface area contributed by atoms with Gasteiger partial charge in [-0.3, -0.25) is 4.79 Å². The zero-order valence-corrected chi connectivity index (χ0v) is 11.4. The molecule has 1 atom stereocenters. The number of rotatable bonds is 4. The molecule has 0 saturated carbocycles. The minimum Gasteiger partial charge on any atom is -0.354 e. The van der Waals surface area contributed by atoms with Gasteiger partial charge in [0.1, 0.15) is 0 Å². The fourth-order valence-electron chi connectivity index (χ4n) is 1.83. The number of thiophene rings is 1. The summed E-state index contributed by atoms with van der Waals surface area (Å²) >= 11 is 5.15. The second-order valence-electron chi connectivity index (χ2n) is 3.90. The van der Waals surface area contributed by atoms with Gasteiger partial charge in [0.25, 0.3) is 0 Å². The molecule has 16 heavy (non-hydrogen) atoms. The van der Waals surface area contributed by atoms with E-state index in [1.165, 1.54) is 4.88 Å². The molecular formula is C11H15BrN2OS. The molecule has 5 heteroatoms. The SMILES string of the molecule is O=C(NCCc1ccc(Br)s1)[C@@H]1CCCN1. The highest BCUT2D eigenvalue weighted by molar-refractivity contribution is 9.11. The number of amides is 1. The van der Waals surface area contributed by atoms with E-state index in [-0.39, 0.29) is 11.9 Å². The van der Waals surface area contributed by atoms with Crippen molar-refractivity contribution in [3.8, 4) is 0 Å². The summed E-state index contributed by atoms with van der Waals surface area (Å²) < 4.78 is 1.14. The average Bonchev–Trinajstić information content (AvgIpc) is 2.89. The molecule has 88 valence electrons. The summed E-state index contributed by atoms with van der Waals surface area (Å²) in [6, 6.07) is 4.17. The van der Waals surface area contributed by atoms with E-state index in [0.717, 1.165) is 36.1 Å². The first kappa shape index (κ1) is 12.1. The van der Waals surface area contributed by atoms with Crippen LogP contribution in [0.2, 0.25) is 0 Å². The summed E-state index contributed by atoms with van der Waals surface area (Å²) in [5.74, 6) is 0.146. The van der Waals surface area contributed by atoms with Crippen molar-refractivity contribution in [1.29, 1.82) is 0 Å². The molecule has 0 unspecified atom stereocenters. The highest BCUT2D eigenvalue weighted by Gasteiger charge is 2.21. The zero-order chi connectivity index (χ0) is 11.4. The second-order valence-corrected chi connectivity index (χ2v) is 6.44. The number of carbonyl (C=O) groups excluding carboxylic acids is 1. The van der Waals surface area contributed by atoms with E-state index in [9.17, 15) is 4.79 Å². The van der Waals surface area contributed by atoms with Crippen molar-refractivity contribution in [2.24, 2.45) is 0 Å². The molecule has 0 radical (unpaired) electrons. The fourth-order valence-corrected chi connectivity index (χ4v) is 3.31. The maximum Gasteiger partial charge on any atom is 0.237 e. The first-order valence-electron chi connectivity index (χ1n) is 5.51. The highest BCUT2D eigenvalue weighted by atomic mass is 79.9. The van der Waals surface area contributed by atoms with Crippen molar-refractivity contribution in [3.63, 3.8) is 0 Å². The third-order valence-corrected chi connectivity index (χ3v) is 4.36. The molecule has 0 bridgehead atoms. The average molecular weight is 303 g/mol. The molecular weight excluding hydrogens is 288 g/mol. The summed E-state index contributed by atoms with van der Waals surface area (Å²) in [6.45, 7) is 1.69. The summed E-state index contributed by atoms with van der Waals surface area (Å²) in [4.78, 5) is 13.0. The molecule has 3 nitrogen and oxygen atoms in total. The minimum absolute atomic E-state index is 0.0371. The van der Waals surface area contributed by atoms with Gasteiger partial charge in [-0.15, -0.1) is 11.3 Å². The predicted molar refractivity (Wildman–Crippen MR) is 69.8 cm³/mol. The minimum atomic E-state index is 0.0371. The molecule has 1 aliphatic heterocycles. The molecule has 1 saturated heterocycles. The lowest BCUT2D eigenvalue weighted by atomic mass is 10.2. The second kappa shape index (κ2) is 5.80. The normalized spacial score (nSPS) is 19.9. The first-order chi connectivity index (χ1) is 7.75. The van der Waals surface area contributed by atoms with Gasteiger partial charge < -0.3 is 10.6 Å². The first-order valence-corrected chi connectivity index (χ1v) is 7.12. The van der Waals surface area contributed by atoms with Crippen molar-refractivity contribution in [1.82, 2.24) is 10.6 Å². The molecule has 1 amide bonds. The monoisotopic (exact) mass is 302 g/mol. The molecule has 2 N–H and O–H groups in total. The van der Waals surface area contributed by atoms with Crippen molar-refractivity contribution >= 4 is 33.2 Å². The van der Waals surface area contributed by atoms with Crippen molar-refractivity contribution in [2.45, 2.75) is 25.3 Å². The largest absolute Gasteiger partial charge is 0.354 e. The standard InChI is InChI=1S/C11H15BrN2OS/c12-10-4-3-8(16-10)5-7-14-11(15)9-2-1-6-13-9/h3-4,9,13H,1-2,5-7H2,(H,14,15)/t9-/m0/s1. The van der Waals surface area contributed by atoms with Crippen LogP contribution in [0.1, 0.15) is 17.7 Å². The molecule has 2 rings (SSSR count). The van der Waals surface area contributed by atoms with Crippen LogP contribution in [0.15, 0.2) is 15.9 Å². The van der Waals surface area contributed by atoms with Crippen LogP contribution in [0.25, 0.3) is 0 Å². The van der Waals surface area contributed by atoms with E-state index in [1.54, 1.807) is 11.3 Å². The summed E-state index contributed by atoms with van der Waals surface area (Å²) in [7, 11) is 0. The summed E-state index contributed by atoms with van der Waals surface area (Å²) in [5.41, 5.74) is 0. The Balaban J connectivity index is 1.69. The smallest absolute Gasteiger partial charge is 0.237 e. The van der Waals surface area contributed by atoms with E-state index in [0.29, 0.717) is 0 Å². The van der Waals surface area contributed by atoms with Crippen LogP contribution in [-0.4, -0.2) is 25.0 Å².